The SMILES string of the molecule is NNC(=O)c1nc[nH]c1C(=O)N1CCCCC1. The van der Waals surface area contributed by atoms with Crippen LogP contribution in [0.25, 0.3) is 0 Å². The van der Waals surface area contributed by atoms with Crippen LogP contribution in [0.2, 0.25) is 0 Å². The lowest BCUT2D eigenvalue weighted by Gasteiger charge is -2.26. The van der Waals surface area contributed by atoms with E-state index in [0.717, 1.165) is 32.4 Å². The van der Waals surface area contributed by atoms with Crippen LogP contribution in [-0.2, 0) is 0 Å². The van der Waals surface area contributed by atoms with Crippen LogP contribution in [-0.4, -0.2) is 39.8 Å². The van der Waals surface area contributed by atoms with Gasteiger partial charge in [-0.25, -0.2) is 10.8 Å². The lowest BCUT2D eigenvalue weighted by molar-refractivity contribution is 0.0713. The van der Waals surface area contributed by atoms with Gasteiger partial charge in [0.05, 0.1) is 6.33 Å². The largest absolute Gasteiger partial charge is 0.340 e. The standard InChI is InChI=1S/C10H15N5O2/c11-14-9(16)7-8(13-6-12-7)10(17)15-4-2-1-3-5-15/h6H,1-5,11H2,(H,12,13)(H,14,16). The van der Waals surface area contributed by atoms with Crippen molar-refractivity contribution in [3.63, 3.8) is 0 Å². The Hall–Kier alpha value is -1.89. The second-order valence-corrected chi connectivity index (χ2v) is 3.95. The van der Waals surface area contributed by atoms with Gasteiger partial charge >= 0.3 is 0 Å². The number of hydrazine groups is 1. The predicted molar refractivity (Wildman–Crippen MR) is 60.0 cm³/mol. The van der Waals surface area contributed by atoms with Crippen LogP contribution in [0.15, 0.2) is 6.33 Å². The first-order valence-corrected chi connectivity index (χ1v) is 5.57. The molecule has 17 heavy (non-hydrogen) atoms. The van der Waals surface area contributed by atoms with Gasteiger partial charge in [0, 0.05) is 13.1 Å². The third kappa shape index (κ3) is 2.28. The summed E-state index contributed by atoms with van der Waals surface area (Å²) in [6.45, 7) is 1.45. The van der Waals surface area contributed by atoms with E-state index in [1.54, 1.807) is 4.90 Å². The van der Waals surface area contributed by atoms with Gasteiger partial charge in [-0.1, -0.05) is 0 Å². The lowest BCUT2D eigenvalue weighted by Crippen LogP contribution is -2.38. The van der Waals surface area contributed by atoms with Crippen molar-refractivity contribution in [2.75, 3.05) is 13.1 Å². The number of carbonyl (C=O) groups is 2. The van der Waals surface area contributed by atoms with E-state index < -0.39 is 5.91 Å². The zero-order chi connectivity index (χ0) is 12.3. The molecule has 7 heteroatoms. The summed E-state index contributed by atoms with van der Waals surface area (Å²) < 4.78 is 0. The average Bonchev–Trinajstić information content (AvgIpc) is 2.87. The fraction of sp³-hybridized carbons (Fsp3) is 0.500. The van der Waals surface area contributed by atoms with E-state index in [1.807, 2.05) is 5.43 Å². The van der Waals surface area contributed by atoms with Gasteiger partial charge in [0.1, 0.15) is 5.69 Å². The molecule has 0 unspecified atom stereocenters. The maximum atomic E-state index is 12.1. The van der Waals surface area contributed by atoms with Crippen LogP contribution < -0.4 is 11.3 Å². The second-order valence-electron chi connectivity index (χ2n) is 3.95. The normalized spacial score (nSPS) is 15.7. The van der Waals surface area contributed by atoms with Crippen molar-refractivity contribution < 1.29 is 9.59 Å². The van der Waals surface area contributed by atoms with Crippen molar-refractivity contribution in [3.8, 4) is 0 Å². The molecule has 1 aliphatic rings. The van der Waals surface area contributed by atoms with E-state index in [2.05, 4.69) is 9.97 Å². The summed E-state index contributed by atoms with van der Waals surface area (Å²) >= 11 is 0. The molecule has 0 bridgehead atoms. The molecule has 1 aromatic heterocycles. The minimum atomic E-state index is -0.563. The Morgan fingerprint density at radius 2 is 2.06 bits per heavy atom. The van der Waals surface area contributed by atoms with Gasteiger partial charge in [-0.2, -0.15) is 0 Å². The first-order chi connectivity index (χ1) is 8.24. The van der Waals surface area contributed by atoms with Gasteiger partial charge in [0.2, 0.25) is 0 Å². The zero-order valence-electron chi connectivity index (χ0n) is 9.40. The topological polar surface area (TPSA) is 104 Å². The number of likely N-dealkylation sites (tertiary alicyclic amines) is 1. The number of hydrogen-bond acceptors (Lipinski definition) is 4. The lowest BCUT2D eigenvalue weighted by atomic mass is 10.1. The van der Waals surface area contributed by atoms with Crippen molar-refractivity contribution >= 4 is 11.8 Å². The number of piperidine rings is 1. The minimum absolute atomic E-state index is 0.0445. The van der Waals surface area contributed by atoms with Crippen LogP contribution in [0.5, 0.6) is 0 Å². The molecule has 1 fully saturated rings. The fourth-order valence-electron chi connectivity index (χ4n) is 1.95. The van der Waals surface area contributed by atoms with Crippen molar-refractivity contribution in [3.05, 3.63) is 17.7 Å². The highest BCUT2D eigenvalue weighted by Gasteiger charge is 2.25. The number of aromatic nitrogens is 2. The molecule has 0 saturated carbocycles. The second kappa shape index (κ2) is 4.96. The third-order valence-electron chi connectivity index (χ3n) is 2.84. The van der Waals surface area contributed by atoms with Gasteiger partial charge in [-0.15, -0.1) is 0 Å². The molecule has 4 N–H and O–H groups in total. The number of nitrogens with two attached hydrogens (primary N) is 1. The molecule has 0 aromatic carbocycles. The maximum Gasteiger partial charge on any atom is 0.286 e. The molecule has 0 atom stereocenters. The summed E-state index contributed by atoms with van der Waals surface area (Å²) in [5.41, 5.74) is 2.22. The fourth-order valence-corrected chi connectivity index (χ4v) is 1.95. The summed E-state index contributed by atoms with van der Waals surface area (Å²) in [5.74, 6) is 4.28. The third-order valence-corrected chi connectivity index (χ3v) is 2.84. The van der Waals surface area contributed by atoms with Crippen LogP contribution in [0.1, 0.15) is 40.2 Å². The number of imidazole rings is 1. The highest BCUT2D eigenvalue weighted by molar-refractivity contribution is 6.04. The molecule has 0 aliphatic carbocycles. The number of aromatic amines is 1. The quantitative estimate of drug-likeness (QED) is 0.371. The Bertz CT molecular complexity index is 422. The van der Waals surface area contributed by atoms with Crippen LogP contribution in [0, 0.1) is 0 Å². The highest BCUT2D eigenvalue weighted by atomic mass is 16.2. The van der Waals surface area contributed by atoms with Crippen molar-refractivity contribution in [2.45, 2.75) is 19.3 Å². The molecule has 1 aliphatic heterocycles. The number of carbonyl (C=O) groups excluding carboxylic acids is 2. The molecular formula is C10H15N5O2. The Morgan fingerprint density at radius 3 is 2.71 bits per heavy atom. The molecule has 0 radical (unpaired) electrons. The van der Waals surface area contributed by atoms with E-state index in [9.17, 15) is 9.59 Å². The maximum absolute atomic E-state index is 12.1. The number of rotatable bonds is 2. The zero-order valence-corrected chi connectivity index (χ0v) is 9.40. The molecular weight excluding hydrogens is 222 g/mol. The molecule has 1 saturated heterocycles. The van der Waals surface area contributed by atoms with Crippen molar-refractivity contribution in [1.29, 1.82) is 0 Å². The Kier molecular flexibility index (Phi) is 3.38. The number of nitrogens with zero attached hydrogens (tertiary/aromatic N) is 2. The molecule has 92 valence electrons. The average molecular weight is 237 g/mol. The van der Waals surface area contributed by atoms with Crippen molar-refractivity contribution in [2.24, 2.45) is 5.84 Å². The van der Waals surface area contributed by atoms with E-state index >= 15 is 0 Å². The number of nitrogens with one attached hydrogen (secondary N) is 2. The first-order valence-electron chi connectivity index (χ1n) is 5.57. The van der Waals surface area contributed by atoms with Gasteiger partial charge in [0.25, 0.3) is 11.8 Å². The molecule has 2 amide bonds. The summed E-state index contributed by atoms with van der Waals surface area (Å²) in [4.78, 5) is 31.8. The smallest absolute Gasteiger partial charge is 0.286 e. The number of H-pyrrole nitrogens is 1. The van der Waals surface area contributed by atoms with Crippen LogP contribution >= 0.6 is 0 Å². The Balaban J connectivity index is 2.18. The Labute approximate surface area is 98.4 Å². The number of amides is 2. The summed E-state index contributed by atoms with van der Waals surface area (Å²) in [6.07, 6.45) is 4.46. The van der Waals surface area contributed by atoms with Gasteiger partial charge in [-0.05, 0) is 19.3 Å². The van der Waals surface area contributed by atoms with Gasteiger partial charge < -0.3 is 9.88 Å². The summed E-state index contributed by atoms with van der Waals surface area (Å²) in [7, 11) is 0. The van der Waals surface area contributed by atoms with Gasteiger partial charge in [0.15, 0.2) is 5.69 Å². The Morgan fingerprint density at radius 1 is 1.35 bits per heavy atom. The minimum Gasteiger partial charge on any atom is -0.340 e. The van der Waals surface area contributed by atoms with E-state index in [-0.39, 0.29) is 17.3 Å². The monoisotopic (exact) mass is 237 g/mol. The number of hydrogen-bond donors (Lipinski definition) is 3. The van der Waals surface area contributed by atoms with Crippen molar-refractivity contribution in [1.82, 2.24) is 20.3 Å². The summed E-state index contributed by atoms with van der Waals surface area (Å²) in [5, 5.41) is 0. The van der Waals surface area contributed by atoms with E-state index in [4.69, 9.17) is 5.84 Å². The van der Waals surface area contributed by atoms with Gasteiger partial charge in [-0.3, -0.25) is 15.0 Å². The molecule has 2 rings (SSSR count). The summed E-state index contributed by atoms with van der Waals surface area (Å²) in [6, 6.07) is 0. The highest BCUT2D eigenvalue weighted by Crippen LogP contribution is 2.13. The predicted octanol–water partition coefficient (Wildman–Crippen LogP) is -0.361. The van der Waals surface area contributed by atoms with Crippen LogP contribution in [0.3, 0.4) is 0 Å². The molecule has 2 heterocycles. The number of nitrogen functional groups attached to an aromatic ring is 1. The van der Waals surface area contributed by atoms with E-state index in [0.29, 0.717) is 0 Å². The van der Waals surface area contributed by atoms with E-state index in [1.165, 1.54) is 6.33 Å². The first kappa shape index (κ1) is 11.6. The molecule has 7 nitrogen and oxygen atoms in total. The molecule has 0 spiro atoms. The molecule has 1 aromatic rings. The van der Waals surface area contributed by atoms with Crippen LogP contribution in [0.4, 0.5) is 0 Å².